The molecule has 4 nitrogen and oxygen atoms in total. The molecule has 0 amide bonds. The molecule has 2 rings (SSSR count). The van der Waals surface area contributed by atoms with E-state index in [1.807, 2.05) is 0 Å². The molecule has 0 unspecified atom stereocenters. The van der Waals surface area contributed by atoms with Gasteiger partial charge >= 0.3 is 0 Å². The quantitative estimate of drug-likeness (QED) is 0.582. The number of hydrogen-bond acceptors (Lipinski definition) is 3. The summed E-state index contributed by atoms with van der Waals surface area (Å²) in [5, 5.41) is 17.9. The standard InChI is InChI=1S/C7H6N2O2/c10-5-1-2-6-8-7(11)4-9(6)3-5/h1-4,10-11H. The van der Waals surface area contributed by atoms with E-state index in [2.05, 4.69) is 4.98 Å². The minimum atomic E-state index is -0.0457. The van der Waals surface area contributed by atoms with Gasteiger partial charge in [-0.3, -0.25) is 4.40 Å². The van der Waals surface area contributed by atoms with Crippen LogP contribution >= 0.6 is 0 Å². The lowest BCUT2D eigenvalue weighted by atomic mass is 10.4. The minimum Gasteiger partial charge on any atom is -0.506 e. The average Bonchev–Trinajstić information content (AvgIpc) is 2.27. The predicted molar refractivity (Wildman–Crippen MR) is 38.5 cm³/mol. The summed E-state index contributed by atoms with van der Waals surface area (Å²) in [5.41, 5.74) is 0.611. The second-order valence-corrected chi connectivity index (χ2v) is 2.25. The molecule has 56 valence electrons. The van der Waals surface area contributed by atoms with Crippen molar-refractivity contribution in [1.29, 1.82) is 0 Å². The van der Waals surface area contributed by atoms with E-state index in [1.54, 1.807) is 10.5 Å². The highest BCUT2D eigenvalue weighted by Crippen LogP contribution is 2.14. The van der Waals surface area contributed by atoms with E-state index >= 15 is 0 Å². The molecule has 0 bridgehead atoms. The summed E-state index contributed by atoms with van der Waals surface area (Å²) < 4.78 is 1.55. The fraction of sp³-hybridized carbons (Fsp3) is 0. The Bertz CT molecular complexity index is 394. The van der Waals surface area contributed by atoms with E-state index in [1.165, 1.54) is 18.5 Å². The molecule has 0 aliphatic heterocycles. The lowest BCUT2D eigenvalue weighted by Gasteiger charge is -1.91. The lowest BCUT2D eigenvalue weighted by molar-refractivity contribution is 0.457. The zero-order chi connectivity index (χ0) is 7.84. The van der Waals surface area contributed by atoms with Crippen LogP contribution in [0.3, 0.4) is 0 Å². The van der Waals surface area contributed by atoms with Crippen LogP contribution in [0.15, 0.2) is 24.5 Å². The highest BCUT2D eigenvalue weighted by molar-refractivity contribution is 5.43. The average molecular weight is 150 g/mol. The number of rotatable bonds is 0. The second kappa shape index (κ2) is 1.88. The normalized spacial score (nSPS) is 10.5. The molecule has 0 radical (unpaired) electrons. The molecule has 2 aromatic heterocycles. The molecule has 0 aliphatic carbocycles. The number of aromatic hydroxyl groups is 2. The summed E-state index contributed by atoms with van der Waals surface area (Å²) in [5.74, 6) is 0.102. The molecule has 2 aromatic rings. The highest BCUT2D eigenvalue weighted by Gasteiger charge is 1.98. The van der Waals surface area contributed by atoms with Crippen molar-refractivity contribution >= 4 is 5.65 Å². The van der Waals surface area contributed by atoms with Crippen molar-refractivity contribution in [1.82, 2.24) is 9.38 Å². The molecule has 4 heteroatoms. The van der Waals surface area contributed by atoms with Crippen molar-refractivity contribution < 1.29 is 10.2 Å². The van der Waals surface area contributed by atoms with Gasteiger partial charge in [-0.15, -0.1) is 0 Å². The first kappa shape index (κ1) is 6.03. The van der Waals surface area contributed by atoms with Crippen LogP contribution in [-0.2, 0) is 0 Å². The molecule has 0 aliphatic rings. The Balaban J connectivity index is 2.82. The van der Waals surface area contributed by atoms with E-state index in [4.69, 9.17) is 10.2 Å². The zero-order valence-corrected chi connectivity index (χ0v) is 5.60. The SMILES string of the molecule is Oc1ccc2nc(O)cn2c1. The van der Waals surface area contributed by atoms with Crippen molar-refractivity contribution in [2.75, 3.05) is 0 Å². The van der Waals surface area contributed by atoms with E-state index in [0.29, 0.717) is 5.65 Å². The Kier molecular flexibility index (Phi) is 1.03. The molecule has 0 aromatic carbocycles. The first-order valence-corrected chi connectivity index (χ1v) is 3.12. The number of nitrogens with zero attached hydrogens (tertiary/aromatic N) is 2. The number of pyridine rings is 1. The number of hydrogen-bond donors (Lipinski definition) is 2. The Labute approximate surface area is 62.4 Å². The third kappa shape index (κ3) is 0.881. The van der Waals surface area contributed by atoms with Crippen LogP contribution in [0.2, 0.25) is 0 Å². The van der Waals surface area contributed by atoms with E-state index < -0.39 is 0 Å². The van der Waals surface area contributed by atoms with Crippen LogP contribution < -0.4 is 0 Å². The fourth-order valence-electron chi connectivity index (χ4n) is 0.967. The lowest BCUT2D eigenvalue weighted by Crippen LogP contribution is -1.79. The summed E-state index contributed by atoms with van der Waals surface area (Å²) in [6.07, 6.45) is 2.90. The predicted octanol–water partition coefficient (Wildman–Crippen LogP) is 0.746. The van der Waals surface area contributed by atoms with Gasteiger partial charge in [0, 0.05) is 0 Å². The van der Waals surface area contributed by atoms with Crippen LogP contribution in [0, 0.1) is 0 Å². The van der Waals surface area contributed by atoms with Crippen LogP contribution in [0.25, 0.3) is 5.65 Å². The van der Waals surface area contributed by atoms with E-state index in [9.17, 15) is 0 Å². The molecule has 2 N–H and O–H groups in total. The molecular formula is C7H6N2O2. The van der Waals surface area contributed by atoms with Crippen LogP contribution in [0.5, 0.6) is 11.6 Å². The Morgan fingerprint density at radius 1 is 1.18 bits per heavy atom. The highest BCUT2D eigenvalue weighted by atomic mass is 16.3. The van der Waals surface area contributed by atoms with Gasteiger partial charge in [-0.25, -0.2) is 0 Å². The first-order valence-electron chi connectivity index (χ1n) is 3.12. The smallest absolute Gasteiger partial charge is 0.230 e. The fourth-order valence-corrected chi connectivity index (χ4v) is 0.967. The number of aromatic nitrogens is 2. The molecule has 0 atom stereocenters. The summed E-state index contributed by atoms with van der Waals surface area (Å²) in [4.78, 5) is 3.76. The summed E-state index contributed by atoms with van der Waals surface area (Å²) in [7, 11) is 0. The van der Waals surface area contributed by atoms with Gasteiger partial charge in [0.1, 0.15) is 11.4 Å². The molecule has 2 heterocycles. The molecule has 0 saturated carbocycles. The van der Waals surface area contributed by atoms with Gasteiger partial charge in [0.05, 0.1) is 12.4 Å². The van der Waals surface area contributed by atoms with E-state index in [0.717, 1.165) is 0 Å². The summed E-state index contributed by atoms with van der Waals surface area (Å²) >= 11 is 0. The van der Waals surface area contributed by atoms with Crippen molar-refractivity contribution in [3.63, 3.8) is 0 Å². The van der Waals surface area contributed by atoms with Gasteiger partial charge in [0.25, 0.3) is 0 Å². The molecular weight excluding hydrogens is 144 g/mol. The van der Waals surface area contributed by atoms with Crippen molar-refractivity contribution in [2.45, 2.75) is 0 Å². The maximum absolute atomic E-state index is 9.01. The maximum atomic E-state index is 9.01. The molecule has 0 saturated heterocycles. The van der Waals surface area contributed by atoms with Gasteiger partial charge < -0.3 is 10.2 Å². The van der Waals surface area contributed by atoms with Crippen LogP contribution in [0.1, 0.15) is 0 Å². The van der Waals surface area contributed by atoms with E-state index in [-0.39, 0.29) is 11.6 Å². The van der Waals surface area contributed by atoms with Crippen molar-refractivity contribution in [2.24, 2.45) is 0 Å². The van der Waals surface area contributed by atoms with Crippen LogP contribution in [-0.4, -0.2) is 19.6 Å². The monoisotopic (exact) mass is 150 g/mol. The molecule has 11 heavy (non-hydrogen) atoms. The van der Waals surface area contributed by atoms with Gasteiger partial charge in [0.15, 0.2) is 0 Å². The van der Waals surface area contributed by atoms with Crippen LogP contribution in [0.4, 0.5) is 0 Å². The number of fused-ring (bicyclic) bond motifs is 1. The third-order valence-electron chi connectivity index (χ3n) is 1.42. The maximum Gasteiger partial charge on any atom is 0.230 e. The third-order valence-corrected chi connectivity index (χ3v) is 1.42. The minimum absolute atomic E-state index is 0.0457. The largest absolute Gasteiger partial charge is 0.506 e. The van der Waals surface area contributed by atoms with Gasteiger partial charge in [-0.1, -0.05) is 0 Å². The zero-order valence-electron chi connectivity index (χ0n) is 5.60. The second-order valence-electron chi connectivity index (χ2n) is 2.25. The summed E-state index contributed by atoms with van der Waals surface area (Å²) in [6.45, 7) is 0. The summed E-state index contributed by atoms with van der Waals surface area (Å²) in [6, 6.07) is 3.14. The number of imidazole rings is 1. The van der Waals surface area contributed by atoms with Gasteiger partial charge in [-0.05, 0) is 12.1 Å². The molecule has 0 spiro atoms. The van der Waals surface area contributed by atoms with Gasteiger partial charge in [-0.2, -0.15) is 4.98 Å². The Morgan fingerprint density at radius 3 is 2.82 bits per heavy atom. The molecule has 0 fully saturated rings. The van der Waals surface area contributed by atoms with Gasteiger partial charge in [0.2, 0.25) is 5.88 Å². The Morgan fingerprint density at radius 2 is 2.00 bits per heavy atom. The Hall–Kier alpha value is -1.71. The van der Waals surface area contributed by atoms with Crippen molar-refractivity contribution in [3.05, 3.63) is 24.5 Å². The first-order chi connectivity index (χ1) is 5.25. The topological polar surface area (TPSA) is 57.8 Å². The van der Waals surface area contributed by atoms with Crippen molar-refractivity contribution in [3.8, 4) is 11.6 Å².